The highest BCUT2D eigenvalue weighted by Gasteiger charge is 2.11. The average Bonchev–Trinajstić information content (AvgIpc) is 2.90. The number of rotatable bonds is 3. The second-order valence-corrected chi connectivity index (χ2v) is 4.76. The van der Waals surface area contributed by atoms with E-state index >= 15 is 0 Å². The van der Waals surface area contributed by atoms with Crippen LogP contribution in [-0.2, 0) is 6.42 Å². The molecule has 0 unspecified atom stereocenters. The van der Waals surface area contributed by atoms with Crippen LogP contribution in [0.2, 0.25) is 0 Å². The molecule has 0 saturated carbocycles. The average molecular weight is 265 g/mol. The van der Waals surface area contributed by atoms with E-state index in [0.29, 0.717) is 23.8 Å². The van der Waals surface area contributed by atoms with Gasteiger partial charge in [-0.25, -0.2) is 0 Å². The van der Waals surface area contributed by atoms with Crippen molar-refractivity contribution in [1.82, 2.24) is 10.1 Å². The van der Waals surface area contributed by atoms with E-state index in [2.05, 4.69) is 41.3 Å². The Morgan fingerprint density at radius 2 is 1.80 bits per heavy atom. The van der Waals surface area contributed by atoms with E-state index in [-0.39, 0.29) is 0 Å². The van der Waals surface area contributed by atoms with Crippen molar-refractivity contribution in [3.8, 4) is 11.4 Å². The number of nitrogens with two attached hydrogens (primary N) is 1. The molecule has 0 amide bonds. The SMILES string of the molecule is Cc1ccc(Cc2nc(-c3ccccc3N)no2)cc1. The second kappa shape index (κ2) is 5.17. The largest absolute Gasteiger partial charge is 0.398 e. The Morgan fingerprint density at radius 1 is 1.05 bits per heavy atom. The third-order valence-corrected chi connectivity index (χ3v) is 3.15. The number of nitrogens with zero attached hydrogens (tertiary/aromatic N) is 2. The number of hydrogen-bond acceptors (Lipinski definition) is 4. The highest BCUT2D eigenvalue weighted by Crippen LogP contribution is 2.23. The van der Waals surface area contributed by atoms with E-state index < -0.39 is 0 Å². The number of aryl methyl sites for hydroxylation is 1. The predicted octanol–water partition coefficient (Wildman–Crippen LogP) is 3.22. The van der Waals surface area contributed by atoms with Crippen LogP contribution in [0.5, 0.6) is 0 Å². The van der Waals surface area contributed by atoms with Crippen molar-refractivity contribution in [2.45, 2.75) is 13.3 Å². The van der Waals surface area contributed by atoms with Gasteiger partial charge < -0.3 is 10.3 Å². The molecule has 3 aromatic rings. The molecule has 0 bridgehead atoms. The minimum Gasteiger partial charge on any atom is -0.398 e. The molecule has 0 aliphatic carbocycles. The molecule has 0 atom stereocenters. The predicted molar refractivity (Wildman–Crippen MR) is 78.1 cm³/mol. The zero-order valence-electron chi connectivity index (χ0n) is 11.2. The molecule has 20 heavy (non-hydrogen) atoms. The smallest absolute Gasteiger partial charge is 0.231 e. The summed E-state index contributed by atoms with van der Waals surface area (Å²) in [5.74, 6) is 1.12. The molecule has 0 radical (unpaired) electrons. The first-order chi connectivity index (χ1) is 9.72. The lowest BCUT2D eigenvalue weighted by atomic mass is 10.1. The van der Waals surface area contributed by atoms with Crippen LogP contribution in [0.1, 0.15) is 17.0 Å². The Labute approximate surface area is 117 Å². The molecule has 3 rings (SSSR count). The van der Waals surface area contributed by atoms with E-state index in [4.69, 9.17) is 10.3 Å². The first-order valence-electron chi connectivity index (χ1n) is 6.45. The normalized spacial score (nSPS) is 10.7. The third-order valence-electron chi connectivity index (χ3n) is 3.15. The molecule has 0 fully saturated rings. The number of aromatic nitrogens is 2. The maximum absolute atomic E-state index is 5.91. The van der Waals surface area contributed by atoms with E-state index in [1.165, 1.54) is 5.56 Å². The summed E-state index contributed by atoms with van der Waals surface area (Å²) in [6.07, 6.45) is 0.625. The minimum absolute atomic E-state index is 0.533. The maximum Gasteiger partial charge on any atom is 0.231 e. The number of benzene rings is 2. The van der Waals surface area contributed by atoms with Crippen LogP contribution in [0.15, 0.2) is 53.1 Å². The fraction of sp³-hybridized carbons (Fsp3) is 0.125. The lowest BCUT2D eigenvalue weighted by molar-refractivity contribution is 0.386. The molecule has 4 nitrogen and oxygen atoms in total. The zero-order valence-corrected chi connectivity index (χ0v) is 11.2. The summed E-state index contributed by atoms with van der Waals surface area (Å²) in [5, 5.41) is 3.99. The topological polar surface area (TPSA) is 64.9 Å². The van der Waals surface area contributed by atoms with E-state index in [0.717, 1.165) is 11.1 Å². The quantitative estimate of drug-likeness (QED) is 0.738. The van der Waals surface area contributed by atoms with E-state index in [1.807, 2.05) is 24.3 Å². The van der Waals surface area contributed by atoms with Crippen LogP contribution in [-0.4, -0.2) is 10.1 Å². The van der Waals surface area contributed by atoms with Gasteiger partial charge in [0.1, 0.15) is 0 Å². The molecule has 0 aliphatic heterocycles. The van der Waals surface area contributed by atoms with Gasteiger partial charge in [-0.15, -0.1) is 0 Å². The van der Waals surface area contributed by atoms with Gasteiger partial charge in [-0.2, -0.15) is 4.98 Å². The van der Waals surface area contributed by atoms with Crippen LogP contribution in [0.3, 0.4) is 0 Å². The summed E-state index contributed by atoms with van der Waals surface area (Å²) in [6.45, 7) is 2.06. The van der Waals surface area contributed by atoms with Crippen molar-refractivity contribution in [1.29, 1.82) is 0 Å². The van der Waals surface area contributed by atoms with Gasteiger partial charge in [0.2, 0.25) is 11.7 Å². The van der Waals surface area contributed by atoms with Gasteiger partial charge in [0, 0.05) is 11.3 Å². The lowest BCUT2D eigenvalue weighted by Gasteiger charge is -1.98. The number of nitrogen functional groups attached to an aromatic ring is 1. The summed E-state index contributed by atoms with van der Waals surface area (Å²) < 4.78 is 5.29. The van der Waals surface area contributed by atoms with Crippen LogP contribution in [0.4, 0.5) is 5.69 Å². The summed E-state index contributed by atoms with van der Waals surface area (Å²) in [5.41, 5.74) is 9.73. The maximum atomic E-state index is 5.91. The molecule has 2 N–H and O–H groups in total. The monoisotopic (exact) mass is 265 g/mol. The van der Waals surface area contributed by atoms with Crippen molar-refractivity contribution >= 4 is 5.69 Å². The summed E-state index contributed by atoms with van der Waals surface area (Å²) in [7, 11) is 0. The van der Waals surface area contributed by atoms with Crippen molar-refractivity contribution in [3.63, 3.8) is 0 Å². The first kappa shape index (κ1) is 12.4. The van der Waals surface area contributed by atoms with Crippen molar-refractivity contribution < 1.29 is 4.52 Å². The molecule has 1 aromatic heterocycles. The lowest BCUT2D eigenvalue weighted by Crippen LogP contribution is -1.91. The second-order valence-electron chi connectivity index (χ2n) is 4.76. The van der Waals surface area contributed by atoms with Crippen molar-refractivity contribution in [3.05, 3.63) is 65.5 Å². The first-order valence-corrected chi connectivity index (χ1v) is 6.45. The van der Waals surface area contributed by atoms with Crippen LogP contribution in [0, 0.1) is 6.92 Å². The van der Waals surface area contributed by atoms with Crippen LogP contribution < -0.4 is 5.73 Å². The highest BCUT2D eigenvalue weighted by atomic mass is 16.5. The summed E-state index contributed by atoms with van der Waals surface area (Å²) in [4.78, 5) is 4.40. The summed E-state index contributed by atoms with van der Waals surface area (Å²) in [6, 6.07) is 15.8. The molecule has 1 heterocycles. The van der Waals surface area contributed by atoms with Crippen molar-refractivity contribution in [2.24, 2.45) is 0 Å². The Morgan fingerprint density at radius 3 is 2.55 bits per heavy atom. The molecule has 0 saturated heterocycles. The van der Waals surface area contributed by atoms with Gasteiger partial charge in [0.05, 0.1) is 6.42 Å². The Bertz CT molecular complexity index is 717. The number of para-hydroxylation sites is 1. The number of anilines is 1. The van der Waals surface area contributed by atoms with Crippen molar-refractivity contribution in [2.75, 3.05) is 5.73 Å². The summed E-state index contributed by atoms with van der Waals surface area (Å²) >= 11 is 0. The Kier molecular flexibility index (Phi) is 3.21. The third kappa shape index (κ3) is 2.54. The molecular weight excluding hydrogens is 250 g/mol. The molecular formula is C16H15N3O. The van der Waals surface area contributed by atoms with E-state index in [1.54, 1.807) is 0 Å². The Balaban J connectivity index is 1.84. The highest BCUT2D eigenvalue weighted by molar-refractivity contribution is 5.70. The van der Waals surface area contributed by atoms with Gasteiger partial charge in [0.25, 0.3) is 0 Å². The van der Waals surface area contributed by atoms with Gasteiger partial charge in [0.15, 0.2) is 0 Å². The van der Waals surface area contributed by atoms with Crippen LogP contribution >= 0.6 is 0 Å². The molecule has 0 spiro atoms. The number of hydrogen-bond donors (Lipinski definition) is 1. The molecule has 4 heteroatoms. The fourth-order valence-corrected chi connectivity index (χ4v) is 2.02. The minimum atomic E-state index is 0.533. The van der Waals surface area contributed by atoms with Gasteiger partial charge in [-0.3, -0.25) is 0 Å². The molecule has 0 aliphatic rings. The van der Waals surface area contributed by atoms with Gasteiger partial charge in [-0.05, 0) is 24.6 Å². The zero-order chi connectivity index (χ0) is 13.9. The Hall–Kier alpha value is -2.62. The van der Waals surface area contributed by atoms with Gasteiger partial charge >= 0.3 is 0 Å². The van der Waals surface area contributed by atoms with Gasteiger partial charge in [-0.1, -0.05) is 47.1 Å². The van der Waals surface area contributed by atoms with E-state index in [9.17, 15) is 0 Å². The van der Waals surface area contributed by atoms with Crippen LogP contribution in [0.25, 0.3) is 11.4 Å². The molecule has 2 aromatic carbocycles. The molecule has 100 valence electrons. The fourth-order valence-electron chi connectivity index (χ4n) is 2.02. The standard InChI is InChI=1S/C16H15N3O/c1-11-6-8-12(9-7-11)10-15-18-16(19-20-15)13-4-2-3-5-14(13)17/h2-9H,10,17H2,1H3.